The highest BCUT2D eigenvalue weighted by Gasteiger charge is 2.28. The standard InChI is InChI=1S/C20H17N3O4/c24-20(27-13-14-7-4-5-11-17(14)23(25)26)19-16-10-6-12-18(16)22(21-19)15-8-2-1-3-9-15/h1-5,7-9,11H,6,10,12-13H2. The van der Waals surface area contributed by atoms with E-state index >= 15 is 0 Å². The molecule has 0 atom stereocenters. The number of esters is 1. The first-order valence-electron chi connectivity index (χ1n) is 8.71. The fourth-order valence-corrected chi connectivity index (χ4v) is 3.41. The van der Waals surface area contributed by atoms with Crippen molar-refractivity contribution in [3.05, 3.63) is 87.2 Å². The predicted octanol–water partition coefficient (Wildman–Crippen LogP) is 3.63. The summed E-state index contributed by atoms with van der Waals surface area (Å²) in [5.74, 6) is -0.555. The second-order valence-corrected chi connectivity index (χ2v) is 6.34. The molecule has 7 heteroatoms. The van der Waals surface area contributed by atoms with Crippen LogP contribution in [0.25, 0.3) is 5.69 Å². The number of carbonyl (C=O) groups excluding carboxylic acids is 1. The van der Waals surface area contributed by atoms with Gasteiger partial charge in [-0.25, -0.2) is 9.48 Å². The molecule has 0 saturated carbocycles. The molecule has 0 unspecified atom stereocenters. The van der Waals surface area contributed by atoms with Crippen LogP contribution in [0, 0.1) is 10.1 Å². The Morgan fingerprint density at radius 2 is 1.85 bits per heavy atom. The van der Waals surface area contributed by atoms with E-state index in [-0.39, 0.29) is 12.3 Å². The van der Waals surface area contributed by atoms with E-state index in [1.54, 1.807) is 22.9 Å². The zero-order valence-corrected chi connectivity index (χ0v) is 14.5. The van der Waals surface area contributed by atoms with Gasteiger partial charge in [0.25, 0.3) is 5.69 Å². The highest BCUT2D eigenvalue weighted by Crippen LogP contribution is 2.28. The van der Waals surface area contributed by atoms with Gasteiger partial charge in [0.05, 0.1) is 16.2 Å². The lowest BCUT2D eigenvalue weighted by Crippen LogP contribution is -2.10. The molecule has 4 rings (SSSR count). The molecular formula is C20H17N3O4. The largest absolute Gasteiger partial charge is 0.456 e. The monoisotopic (exact) mass is 363 g/mol. The lowest BCUT2D eigenvalue weighted by molar-refractivity contribution is -0.385. The number of rotatable bonds is 5. The number of carbonyl (C=O) groups is 1. The van der Waals surface area contributed by atoms with Crippen LogP contribution in [-0.2, 0) is 24.2 Å². The van der Waals surface area contributed by atoms with Crippen LogP contribution in [0.4, 0.5) is 5.69 Å². The number of nitrogens with zero attached hydrogens (tertiary/aromatic N) is 3. The van der Waals surface area contributed by atoms with Crippen LogP contribution >= 0.6 is 0 Å². The smallest absolute Gasteiger partial charge is 0.359 e. The van der Waals surface area contributed by atoms with Crippen molar-refractivity contribution in [2.75, 3.05) is 0 Å². The average Bonchev–Trinajstić information content (AvgIpc) is 3.29. The molecule has 0 aliphatic heterocycles. The van der Waals surface area contributed by atoms with Gasteiger partial charge < -0.3 is 4.74 Å². The van der Waals surface area contributed by atoms with E-state index in [0.717, 1.165) is 36.2 Å². The molecule has 1 heterocycles. The highest BCUT2D eigenvalue weighted by atomic mass is 16.6. The van der Waals surface area contributed by atoms with Crippen molar-refractivity contribution < 1.29 is 14.5 Å². The number of nitro benzene ring substituents is 1. The summed E-state index contributed by atoms with van der Waals surface area (Å²) in [7, 11) is 0. The third-order valence-electron chi connectivity index (χ3n) is 4.67. The van der Waals surface area contributed by atoms with Crippen molar-refractivity contribution in [2.45, 2.75) is 25.9 Å². The number of nitro groups is 1. The molecule has 1 aromatic heterocycles. The van der Waals surface area contributed by atoms with Gasteiger partial charge in [-0.3, -0.25) is 10.1 Å². The van der Waals surface area contributed by atoms with Gasteiger partial charge in [0.15, 0.2) is 5.69 Å². The first-order valence-corrected chi connectivity index (χ1v) is 8.71. The van der Waals surface area contributed by atoms with Crippen molar-refractivity contribution in [1.29, 1.82) is 0 Å². The number of para-hydroxylation sites is 2. The van der Waals surface area contributed by atoms with Gasteiger partial charge in [0.2, 0.25) is 0 Å². The summed E-state index contributed by atoms with van der Waals surface area (Å²) in [4.78, 5) is 23.3. The molecule has 2 aromatic carbocycles. The Morgan fingerprint density at radius 3 is 2.63 bits per heavy atom. The molecule has 0 bridgehead atoms. The second kappa shape index (κ2) is 7.03. The number of hydrogen-bond acceptors (Lipinski definition) is 5. The molecule has 0 spiro atoms. The molecule has 7 nitrogen and oxygen atoms in total. The fraction of sp³-hybridized carbons (Fsp3) is 0.200. The van der Waals surface area contributed by atoms with Gasteiger partial charge in [-0.15, -0.1) is 0 Å². The number of aromatic nitrogens is 2. The normalized spacial score (nSPS) is 12.6. The van der Waals surface area contributed by atoms with Gasteiger partial charge >= 0.3 is 5.97 Å². The minimum atomic E-state index is -0.555. The van der Waals surface area contributed by atoms with E-state index in [9.17, 15) is 14.9 Å². The number of fused-ring (bicyclic) bond motifs is 1. The van der Waals surface area contributed by atoms with Gasteiger partial charge in [-0.2, -0.15) is 5.10 Å². The highest BCUT2D eigenvalue weighted by molar-refractivity contribution is 5.89. The van der Waals surface area contributed by atoms with Gasteiger partial charge in [0, 0.05) is 17.3 Å². The van der Waals surface area contributed by atoms with Crippen molar-refractivity contribution >= 4 is 11.7 Å². The zero-order valence-electron chi connectivity index (χ0n) is 14.5. The van der Waals surface area contributed by atoms with Crippen LogP contribution in [0.15, 0.2) is 54.6 Å². The summed E-state index contributed by atoms with van der Waals surface area (Å²) >= 11 is 0. The first kappa shape index (κ1) is 17.0. The molecule has 3 aromatic rings. The van der Waals surface area contributed by atoms with E-state index in [0.29, 0.717) is 11.3 Å². The van der Waals surface area contributed by atoms with Gasteiger partial charge in [0.1, 0.15) is 6.61 Å². The first-order chi connectivity index (χ1) is 13.1. The molecule has 0 fully saturated rings. The topological polar surface area (TPSA) is 87.3 Å². The fourth-order valence-electron chi connectivity index (χ4n) is 3.41. The van der Waals surface area contributed by atoms with E-state index in [1.807, 2.05) is 30.3 Å². The lowest BCUT2D eigenvalue weighted by Gasteiger charge is -2.05. The summed E-state index contributed by atoms with van der Waals surface area (Å²) in [5.41, 5.74) is 3.42. The van der Waals surface area contributed by atoms with Gasteiger partial charge in [-0.05, 0) is 37.5 Å². The van der Waals surface area contributed by atoms with Crippen LogP contribution in [0.3, 0.4) is 0 Å². The van der Waals surface area contributed by atoms with E-state index in [1.165, 1.54) is 6.07 Å². The van der Waals surface area contributed by atoms with Crippen LogP contribution in [0.1, 0.15) is 33.7 Å². The predicted molar refractivity (Wildman–Crippen MR) is 97.8 cm³/mol. The number of benzene rings is 2. The van der Waals surface area contributed by atoms with Crippen LogP contribution < -0.4 is 0 Å². The summed E-state index contributed by atoms with van der Waals surface area (Å²) < 4.78 is 7.16. The Morgan fingerprint density at radius 1 is 1.11 bits per heavy atom. The third-order valence-corrected chi connectivity index (χ3v) is 4.67. The summed E-state index contributed by atoms with van der Waals surface area (Å²) in [6.45, 7) is -0.164. The van der Waals surface area contributed by atoms with E-state index in [2.05, 4.69) is 5.10 Å². The Balaban J connectivity index is 1.60. The van der Waals surface area contributed by atoms with Gasteiger partial charge in [-0.1, -0.05) is 30.3 Å². The Labute approximate surface area is 155 Å². The number of hydrogen-bond donors (Lipinski definition) is 0. The molecule has 136 valence electrons. The summed E-state index contributed by atoms with van der Waals surface area (Å²) in [6.07, 6.45) is 2.59. The maximum absolute atomic E-state index is 12.6. The number of ether oxygens (including phenoxy) is 1. The average molecular weight is 363 g/mol. The molecule has 1 aliphatic carbocycles. The molecule has 1 aliphatic rings. The van der Waals surface area contributed by atoms with Crippen molar-refractivity contribution in [1.82, 2.24) is 9.78 Å². The molecule has 0 radical (unpaired) electrons. The Kier molecular flexibility index (Phi) is 4.42. The SMILES string of the molecule is O=C(OCc1ccccc1[N+](=O)[O-])c1nn(-c2ccccc2)c2c1CCC2. The summed E-state index contributed by atoms with van der Waals surface area (Å²) in [6, 6.07) is 15.9. The van der Waals surface area contributed by atoms with Crippen molar-refractivity contribution in [2.24, 2.45) is 0 Å². The zero-order chi connectivity index (χ0) is 18.8. The van der Waals surface area contributed by atoms with Crippen molar-refractivity contribution in [3.63, 3.8) is 0 Å². The third kappa shape index (κ3) is 3.19. The van der Waals surface area contributed by atoms with Crippen molar-refractivity contribution in [3.8, 4) is 5.69 Å². The molecule has 0 N–H and O–H groups in total. The second-order valence-electron chi connectivity index (χ2n) is 6.34. The van der Waals surface area contributed by atoms with E-state index < -0.39 is 10.9 Å². The minimum Gasteiger partial charge on any atom is -0.456 e. The molecule has 0 saturated heterocycles. The lowest BCUT2D eigenvalue weighted by atomic mass is 10.2. The van der Waals surface area contributed by atoms with E-state index in [4.69, 9.17) is 4.74 Å². The maximum Gasteiger partial charge on any atom is 0.359 e. The maximum atomic E-state index is 12.6. The minimum absolute atomic E-state index is 0.0645. The quantitative estimate of drug-likeness (QED) is 0.392. The molecular weight excluding hydrogens is 346 g/mol. The Hall–Kier alpha value is -3.48. The summed E-state index contributed by atoms with van der Waals surface area (Å²) in [5, 5.41) is 15.6. The molecule has 0 amide bonds. The Bertz CT molecular complexity index is 1010. The van der Waals surface area contributed by atoms with Crippen LogP contribution in [0.5, 0.6) is 0 Å². The van der Waals surface area contributed by atoms with Crippen LogP contribution in [-0.4, -0.2) is 20.7 Å². The van der Waals surface area contributed by atoms with Crippen LogP contribution in [0.2, 0.25) is 0 Å². The molecule has 27 heavy (non-hydrogen) atoms.